The molecule has 0 heterocycles. The predicted octanol–water partition coefficient (Wildman–Crippen LogP) is 0.807. The average molecular weight is 356 g/mol. The topological polar surface area (TPSA) is 63.1 Å². The Labute approximate surface area is 154 Å². The third-order valence-corrected chi connectivity index (χ3v) is 3.96. The molecule has 0 aliphatic heterocycles. The van der Waals surface area contributed by atoms with E-state index in [9.17, 15) is 9.59 Å². The van der Waals surface area contributed by atoms with Crippen LogP contribution in [0.25, 0.3) is 0 Å². The third kappa shape index (κ3) is 6.22. The Kier molecular flexibility index (Phi) is 7.17. The Hall–Kier alpha value is -2.86. The molecule has 0 radical (unpaired) electrons. The molecule has 0 aromatic heterocycles. The van der Waals surface area contributed by atoms with Crippen LogP contribution < -0.4 is 15.0 Å². The minimum Gasteiger partial charge on any atom is -0.497 e. The summed E-state index contributed by atoms with van der Waals surface area (Å²) in [4.78, 5) is 27.0. The van der Waals surface area contributed by atoms with Gasteiger partial charge < -0.3 is 19.9 Å². The van der Waals surface area contributed by atoms with Crippen LogP contribution in [-0.2, 0) is 16.1 Å². The van der Waals surface area contributed by atoms with E-state index in [1.807, 2.05) is 49.5 Å². The molecule has 1 atom stereocenters. The van der Waals surface area contributed by atoms with Gasteiger partial charge in [0.2, 0.25) is 0 Å². The van der Waals surface area contributed by atoms with Crippen LogP contribution in [0.15, 0.2) is 54.6 Å². The number of carbonyl (C=O) groups is 2. The van der Waals surface area contributed by atoms with Gasteiger partial charge in [0.25, 0.3) is 11.8 Å². The molecular weight excluding hydrogens is 330 g/mol. The van der Waals surface area contributed by atoms with Gasteiger partial charge in [0, 0.05) is 25.3 Å². The summed E-state index contributed by atoms with van der Waals surface area (Å²) in [5.41, 5.74) is 1.76. The summed E-state index contributed by atoms with van der Waals surface area (Å²) in [6.45, 7) is 1.03. The van der Waals surface area contributed by atoms with Crippen LogP contribution in [0.5, 0.6) is 5.75 Å². The van der Waals surface area contributed by atoms with Crippen LogP contribution in [0.4, 0.5) is 5.69 Å². The molecule has 138 valence electrons. The minimum absolute atomic E-state index is 0.000494. The molecule has 2 aromatic carbocycles. The molecule has 2 amide bonds. The van der Waals surface area contributed by atoms with E-state index in [0.29, 0.717) is 18.0 Å². The van der Waals surface area contributed by atoms with E-state index in [1.54, 1.807) is 31.2 Å². The lowest BCUT2D eigenvalue weighted by Gasteiger charge is -2.20. The number of ether oxygens (including phenoxy) is 1. The summed E-state index contributed by atoms with van der Waals surface area (Å²) in [5.74, 6) is 0.538. The van der Waals surface area contributed by atoms with Crippen molar-refractivity contribution < 1.29 is 19.2 Å². The van der Waals surface area contributed by atoms with Gasteiger partial charge in [-0.2, -0.15) is 0 Å². The summed E-state index contributed by atoms with van der Waals surface area (Å²) < 4.78 is 5.14. The van der Waals surface area contributed by atoms with Crippen molar-refractivity contribution in [2.75, 3.05) is 39.6 Å². The average Bonchev–Trinajstić information content (AvgIpc) is 2.62. The summed E-state index contributed by atoms with van der Waals surface area (Å²) in [6, 6.07) is 17.0. The molecule has 0 aliphatic carbocycles. The number of methoxy groups -OCH3 is 1. The van der Waals surface area contributed by atoms with Crippen molar-refractivity contribution in [3.8, 4) is 5.75 Å². The molecule has 0 saturated carbocycles. The first-order valence-electron chi connectivity index (χ1n) is 8.51. The fraction of sp³-hybridized carbons (Fsp3) is 0.300. The molecule has 6 heteroatoms. The van der Waals surface area contributed by atoms with Crippen molar-refractivity contribution in [2.24, 2.45) is 0 Å². The highest BCUT2D eigenvalue weighted by molar-refractivity contribution is 5.91. The number of benzene rings is 2. The van der Waals surface area contributed by atoms with Crippen LogP contribution in [0.2, 0.25) is 0 Å². The lowest BCUT2D eigenvalue weighted by Crippen LogP contribution is -3.11. The van der Waals surface area contributed by atoms with Crippen LogP contribution in [0, 0.1) is 0 Å². The number of amides is 2. The Balaban J connectivity index is 1.80. The van der Waals surface area contributed by atoms with Crippen molar-refractivity contribution in [3.63, 3.8) is 0 Å². The van der Waals surface area contributed by atoms with E-state index >= 15 is 0 Å². The number of nitrogens with zero attached hydrogens (tertiary/aromatic N) is 1. The molecule has 0 spiro atoms. The first kappa shape index (κ1) is 19.5. The molecule has 2 rings (SSSR count). The van der Waals surface area contributed by atoms with Crippen LogP contribution in [0.1, 0.15) is 5.56 Å². The molecule has 2 aromatic rings. The maximum atomic E-state index is 12.3. The number of carbonyl (C=O) groups excluding carboxylic acids is 2. The molecule has 1 unspecified atom stereocenters. The molecule has 0 aliphatic rings. The lowest BCUT2D eigenvalue weighted by atomic mass is 10.2. The maximum absolute atomic E-state index is 12.3. The Bertz CT molecular complexity index is 734. The van der Waals surface area contributed by atoms with Crippen LogP contribution in [0.3, 0.4) is 0 Å². The van der Waals surface area contributed by atoms with E-state index < -0.39 is 0 Å². The molecule has 2 N–H and O–H groups in total. The zero-order valence-corrected chi connectivity index (χ0v) is 15.5. The Morgan fingerprint density at radius 2 is 1.81 bits per heavy atom. The van der Waals surface area contributed by atoms with Crippen molar-refractivity contribution in [2.45, 2.75) is 6.54 Å². The number of hydrogen-bond donors (Lipinski definition) is 2. The van der Waals surface area contributed by atoms with Crippen LogP contribution >= 0.6 is 0 Å². The lowest BCUT2D eigenvalue weighted by molar-refractivity contribution is -0.862. The van der Waals surface area contributed by atoms with Gasteiger partial charge in [0.05, 0.1) is 14.2 Å². The number of anilines is 1. The molecule has 0 bridgehead atoms. The fourth-order valence-electron chi connectivity index (χ4n) is 2.58. The number of nitrogens with one attached hydrogen (secondary N) is 2. The molecule has 26 heavy (non-hydrogen) atoms. The predicted molar refractivity (Wildman–Crippen MR) is 101 cm³/mol. The summed E-state index contributed by atoms with van der Waals surface area (Å²) >= 11 is 0. The highest BCUT2D eigenvalue weighted by Gasteiger charge is 2.17. The van der Waals surface area contributed by atoms with Gasteiger partial charge in [-0.05, 0) is 17.7 Å². The van der Waals surface area contributed by atoms with E-state index in [2.05, 4.69) is 5.32 Å². The normalized spacial score (nSPS) is 11.5. The van der Waals surface area contributed by atoms with Gasteiger partial charge in [-0.3, -0.25) is 9.59 Å². The number of hydrogen-bond acceptors (Lipinski definition) is 3. The second kappa shape index (κ2) is 9.58. The highest BCUT2D eigenvalue weighted by atomic mass is 16.5. The summed E-state index contributed by atoms with van der Waals surface area (Å²) in [7, 11) is 5.19. The van der Waals surface area contributed by atoms with Gasteiger partial charge in [0.1, 0.15) is 5.75 Å². The monoisotopic (exact) mass is 356 g/mol. The minimum atomic E-state index is -0.144. The fourth-order valence-corrected chi connectivity index (χ4v) is 2.58. The van der Waals surface area contributed by atoms with Crippen molar-refractivity contribution in [1.29, 1.82) is 0 Å². The van der Waals surface area contributed by atoms with Crippen molar-refractivity contribution >= 4 is 17.5 Å². The number of quaternary nitrogens is 1. The van der Waals surface area contributed by atoms with Gasteiger partial charge in [0.15, 0.2) is 13.1 Å². The molecular formula is C20H26N3O3+. The zero-order chi connectivity index (χ0) is 18.9. The smallest absolute Gasteiger partial charge is 0.279 e. The SMILES string of the molecule is COc1cccc(NC(=O)C[NH+](C)CC(=O)N(C)Cc2ccccc2)c1. The van der Waals surface area contributed by atoms with Crippen molar-refractivity contribution in [1.82, 2.24) is 4.90 Å². The first-order valence-corrected chi connectivity index (χ1v) is 8.51. The highest BCUT2D eigenvalue weighted by Crippen LogP contribution is 2.16. The largest absolute Gasteiger partial charge is 0.497 e. The second-order valence-electron chi connectivity index (χ2n) is 6.33. The molecule has 6 nitrogen and oxygen atoms in total. The van der Waals surface area contributed by atoms with E-state index in [-0.39, 0.29) is 24.9 Å². The summed E-state index contributed by atoms with van der Waals surface area (Å²) in [6.07, 6.45) is 0. The first-order chi connectivity index (χ1) is 12.5. The Morgan fingerprint density at radius 3 is 2.50 bits per heavy atom. The van der Waals surface area contributed by atoms with E-state index in [0.717, 1.165) is 10.5 Å². The van der Waals surface area contributed by atoms with E-state index in [4.69, 9.17) is 4.74 Å². The van der Waals surface area contributed by atoms with E-state index in [1.165, 1.54) is 0 Å². The summed E-state index contributed by atoms with van der Waals surface area (Å²) in [5, 5.41) is 2.83. The van der Waals surface area contributed by atoms with Gasteiger partial charge >= 0.3 is 0 Å². The molecule has 0 saturated heterocycles. The van der Waals surface area contributed by atoms with Crippen LogP contribution in [-0.4, -0.2) is 51.0 Å². The third-order valence-electron chi connectivity index (χ3n) is 3.96. The number of rotatable bonds is 8. The Morgan fingerprint density at radius 1 is 1.08 bits per heavy atom. The van der Waals surface area contributed by atoms with Gasteiger partial charge in [-0.1, -0.05) is 36.4 Å². The van der Waals surface area contributed by atoms with Gasteiger partial charge in [-0.15, -0.1) is 0 Å². The molecule has 0 fully saturated rings. The van der Waals surface area contributed by atoms with Gasteiger partial charge in [-0.25, -0.2) is 0 Å². The zero-order valence-electron chi connectivity index (χ0n) is 15.5. The quantitative estimate of drug-likeness (QED) is 0.736. The maximum Gasteiger partial charge on any atom is 0.279 e. The second-order valence-corrected chi connectivity index (χ2v) is 6.33. The standard InChI is InChI=1S/C20H25N3O3/c1-22(14-19(24)21-17-10-7-11-18(12-17)26-3)15-20(25)23(2)13-16-8-5-4-6-9-16/h4-12H,13-15H2,1-3H3,(H,21,24)/p+1. The van der Waals surface area contributed by atoms with Crippen molar-refractivity contribution in [3.05, 3.63) is 60.2 Å². The number of likely N-dealkylation sites (N-methyl/N-ethyl adjacent to an activating group) is 2.